The lowest BCUT2D eigenvalue weighted by atomic mass is 9.69. The third kappa shape index (κ3) is 7.08. The smallest absolute Gasteiger partial charge is 0.204 e. The molecular formula is C27H42F2O2. The van der Waals surface area contributed by atoms with Crippen molar-refractivity contribution in [1.82, 2.24) is 0 Å². The maximum atomic E-state index is 14.1. The largest absolute Gasteiger partial charge is 0.494 e. The second-order valence-electron chi connectivity index (χ2n) is 9.97. The average Bonchev–Trinajstić information content (AvgIpc) is 2.81. The van der Waals surface area contributed by atoms with E-state index in [2.05, 4.69) is 6.92 Å². The minimum absolute atomic E-state index is 0.00607. The van der Waals surface area contributed by atoms with Crippen molar-refractivity contribution in [3.63, 3.8) is 0 Å². The van der Waals surface area contributed by atoms with E-state index in [1.54, 1.807) is 0 Å². The van der Waals surface area contributed by atoms with Crippen molar-refractivity contribution in [2.75, 3.05) is 13.7 Å². The maximum absolute atomic E-state index is 14.1. The van der Waals surface area contributed by atoms with Gasteiger partial charge in [0.1, 0.15) is 0 Å². The van der Waals surface area contributed by atoms with Crippen LogP contribution in [0.3, 0.4) is 0 Å². The normalized spacial score (nSPS) is 26.6. The van der Waals surface area contributed by atoms with E-state index in [0.29, 0.717) is 12.5 Å². The number of benzene rings is 1. The average molecular weight is 437 g/mol. The molecule has 1 aromatic carbocycles. The minimum atomic E-state index is -0.972. The van der Waals surface area contributed by atoms with Gasteiger partial charge in [-0.3, -0.25) is 0 Å². The molecule has 0 heterocycles. The van der Waals surface area contributed by atoms with Crippen LogP contribution in [-0.4, -0.2) is 13.7 Å². The Balaban J connectivity index is 1.33. The second-order valence-corrected chi connectivity index (χ2v) is 9.97. The Morgan fingerprint density at radius 3 is 1.90 bits per heavy atom. The summed E-state index contributed by atoms with van der Waals surface area (Å²) in [5.74, 6) is 1.17. The van der Waals surface area contributed by atoms with Gasteiger partial charge in [0.15, 0.2) is 11.5 Å². The van der Waals surface area contributed by atoms with Gasteiger partial charge in [-0.05, 0) is 74.3 Å². The van der Waals surface area contributed by atoms with Crippen LogP contribution in [0.25, 0.3) is 0 Å². The predicted octanol–water partition coefficient (Wildman–Crippen LogP) is 8.33. The molecule has 2 aliphatic rings. The molecule has 2 nitrogen and oxygen atoms in total. The van der Waals surface area contributed by atoms with Crippen LogP contribution in [0.5, 0.6) is 11.5 Å². The number of methoxy groups -OCH3 is 1. The SMILES string of the molecule is CCCCCCC[C@H]1CC[C@H]([C@H]2CC[C@H](COc3ccc(OC)c(F)c3F)CC2)CC1. The van der Waals surface area contributed by atoms with Gasteiger partial charge in [0.05, 0.1) is 13.7 Å². The van der Waals surface area contributed by atoms with E-state index in [9.17, 15) is 8.78 Å². The zero-order chi connectivity index (χ0) is 22.1. The van der Waals surface area contributed by atoms with Crippen LogP contribution < -0.4 is 9.47 Å². The Morgan fingerprint density at radius 1 is 0.742 bits per heavy atom. The lowest BCUT2D eigenvalue weighted by molar-refractivity contribution is 0.120. The lowest BCUT2D eigenvalue weighted by Crippen LogP contribution is -2.27. The van der Waals surface area contributed by atoms with Gasteiger partial charge in [0.25, 0.3) is 0 Å². The van der Waals surface area contributed by atoms with Gasteiger partial charge in [-0.1, -0.05) is 58.3 Å². The van der Waals surface area contributed by atoms with Crippen molar-refractivity contribution in [3.8, 4) is 11.5 Å². The van der Waals surface area contributed by atoms with Crippen molar-refractivity contribution < 1.29 is 18.3 Å². The highest BCUT2D eigenvalue weighted by Gasteiger charge is 2.31. The molecule has 0 amide bonds. The lowest BCUT2D eigenvalue weighted by Gasteiger charge is -2.38. The van der Waals surface area contributed by atoms with E-state index in [4.69, 9.17) is 9.47 Å². The van der Waals surface area contributed by atoms with E-state index < -0.39 is 11.6 Å². The molecule has 0 aliphatic heterocycles. The fourth-order valence-electron chi connectivity index (χ4n) is 5.80. The first-order valence-electron chi connectivity index (χ1n) is 12.8. The molecule has 0 aromatic heterocycles. The maximum Gasteiger partial charge on any atom is 0.204 e. The Bertz CT molecular complexity index is 647. The van der Waals surface area contributed by atoms with Gasteiger partial charge in [0, 0.05) is 0 Å². The molecule has 31 heavy (non-hydrogen) atoms. The summed E-state index contributed by atoms with van der Waals surface area (Å²) in [5.41, 5.74) is 0. The van der Waals surface area contributed by atoms with Crippen LogP contribution in [0.15, 0.2) is 12.1 Å². The molecule has 4 heteroatoms. The molecule has 0 spiro atoms. The highest BCUT2D eigenvalue weighted by molar-refractivity contribution is 5.34. The van der Waals surface area contributed by atoms with Crippen LogP contribution in [0.2, 0.25) is 0 Å². The zero-order valence-corrected chi connectivity index (χ0v) is 19.6. The molecule has 0 bridgehead atoms. The van der Waals surface area contributed by atoms with Crippen molar-refractivity contribution in [3.05, 3.63) is 23.8 Å². The summed E-state index contributed by atoms with van der Waals surface area (Å²) in [5, 5.41) is 0. The summed E-state index contributed by atoms with van der Waals surface area (Å²) in [6.45, 7) is 2.75. The Hall–Kier alpha value is -1.32. The monoisotopic (exact) mass is 436 g/mol. The molecule has 0 radical (unpaired) electrons. The molecule has 3 rings (SSSR count). The first-order valence-corrected chi connectivity index (χ1v) is 12.8. The summed E-state index contributed by atoms with van der Waals surface area (Å²) < 4.78 is 38.4. The quantitative estimate of drug-likeness (QED) is 0.325. The molecule has 0 unspecified atom stereocenters. The van der Waals surface area contributed by atoms with Crippen LogP contribution in [0.4, 0.5) is 8.78 Å². The summed E-state index contributed by atoms with van der Waals surface area (Å²) in [4.78, 5) is 0. The van der Waals surface area contributed by atoms with Crippen molar-refractivity contribution in [1.29, 1.82) is 0 Å². The van der Waals surface area contributed by atoms with Crippen molar-refractivity contribution in [2.24, 2.45) is 23.7 Å². The van der Waals surface area contributed by atoms with Gasteiger partial charge < -0.3 is 9.47 Å². The zero-order valence-electron chi connectivity index (χ0n) is 19.6. The van der Waals surface area contributed by atoms with Crippen LogP contribution >= 0.6 is 0 Å². The van der Waals surface area contributed by atoms with E-state index in [1.165, 1.54) is 96.3 Å². The number of hydrogen-bond donors (Lipinski definition) is 0. The van der Waals surface area contributed by atoms with Crippen LogP contribution in [0.1, 0.15) is 96.8 Å². The molecular weight excluding hydrogens is 394 g/mol. The third-order valence-corrected chi connectivity index (χ3v) is 7.87. The topological polar surface area (TPSA) is 18.5 Å². The summed E-state index contributed by atoms with van der Waals surface area (Å²) >= 11 is 0. The number of ether oxygens (including phenoxy) is 2. The van der Waals surface area contributed by atoms with Gasteiger partial charge in [-0.2, -0.15) is 8.78 Å². The van der Waals surface area contributed by atoms with Crippen LogP contribution in [-0.2, 0) is 0 Å². The predicted molar refractivity (Wildman–Crippen MR) is 123 cm³/mol. The van der Waals surface area contributed by atoms with Gasteiger partial charge in [-0.15, -0.1) is 0 Å². The Morgan fingerprint density at radius 2 is 1.29 bits per heavy atom. The summed E-state index contributed by atoms with van der Waals surface area (Å²) in [6.07, 6.45) is 19.0. The van der Waals surface area contributed by atoms with E-state index in [0.717, 1.165) is 30.6 Å². The van der Waals surface area contributed by atoms with Gasteiger partial charge >= 0.3 is 0 Å². The minimum Gasteiger partial charge on any atom is -0.494 e. The number of unbranched alkanes of at least 4 members (excludes halogenated alkanes) is 4. The number of hydrogen-bond acceptors (Lipinski definition) is 2. The van der Waals surface area contributed by atoms with Gasteiger partial charge in [0.2, 0.25) is 11.6 Å². The fraction of sp³-hybridized carbons (Fsp3) is 0.778. The third-order valence-electron chi connectivity index (χ3n) is 7.87. The van der Waals surface area contributed by atoms with Crippen molar-refractivity contribution >= 4 is 0 Å². The number of halogens is 2. The van der Waals surface area contributed by atoms with Crippen LogP contribution in [0, 0.1) is 35.3 Å². The second kappa shape index (κ2) is 12.6. The molecule has 2 fully saturated rings. The first-order chi connectivity index (χ1) is 15.1. The van der Waals surface area contributed by atoms with E-state index >= 15 is 0 Å². The molecule has 2 saturated carbocycles. The molecule has 2 aliphatic carbocycles. The molecule has 1 aromatic rings. The van der Waals surface area contributed by atoms with Gasteiger partial charge in [-0.25, -0.2) is 0 Å². The highest BCUT2D eigenvalue weighted by Crippen LogP contribution is 2.42. The Labute approximate surface area is 188 Å². The molecule has 0 saturated heterocycles. The Kier molecular flexibility index (Phi) is 9.93. The van der Waals surface area contributed by atoms with Crippen molar-refractivity contribution in [2.45, 2.75) is 96.8 Å². The highest BCUT2D eigenvalue weighted by atomic mass is 19.2. The standard InChI is InChI=1S/C27H42F2O2/c1-3-4-5-6-7-8-20-9-13-22(14-10-20)23-15-11-21(12-16-23)19-31-25-18-17-24(30-2)26(28)27(25)29/h17-18,20-23H,3-16,19H2,1-2H3/t20-,21-,22-,23-. The van der Waals surface area contributed by atoms with E-state index in [-0.39, 0.29) is 11.5 Å². The fourth-order valence-corrected chi connectivity index (χ4v) is 5.80. The molecule has 0 N–H and O–H groups in total. The van der Waals surface area contributed by atoms with E-state index in [1.807, 2.05) is 0 Å². The molecule has 176 valence electrons. The number of rotatable bonds is 11. The first kappa shape index (κ1) is 24.3. The summed E-state index contributed by atoms with van der Waals surface area (Å²) in [7, 11) is 1.33. The molecule has 0 atom stereocenters. The summed E-state index contributed by atoms with van der Waals surface area (Å²) in [6, 6.07) is 2.89.